The maximum absolute atomic E-state index is 5.65. The highest BCUT2D eigenvalue weighted by Gasteiger charge is 2.20. The first-order chi connectivity index (χ1) is 12.7. The maximum atomic E-state index is 5.65. The minimum atomic E-state index is 0.689. The van der Waals surface area contributed by atoms with E-state index in [0.717, 1.165) is 12.3 Å². The van der Waals surface area contributed by atoms with Gasteiger partial charge in [-0.2, -0.15) is 0 Å². The number of rotatable bonds is 7. The highest BCUT2D eigenvalue weighted by molar-refractivity contribution is 5.37. The lowest BCUT2D eigenvalue weighted by Crippen LogP contribution is -2.44. The number of nitrogens with zero attached hydrogens (tertiary/aromatic N) is 3. The molecule has 0 radical (unpaired) electrons. The summed E-state index contributed by atoms with van der Waals surface area (Å²) in [4.78, 5) is 7.66. The van der Waals surface area contributed by atoms with Gasteiger partial charge in [-0.05, 0) is 64.4 Å². The molecule has 2 fully saturated rings. The molecule has 2 saturated heterocycles. The second-order valence-corrected chi connectivity index (χ2v) is 8.21. The average molecular weight is 360 g/mol. The van der Waals surface area contributed by atoms with E-state index in [1.807, 2.05) is 0 Å². The molecule has 2 aliphatic heterocycles. The normalized spacial score (nSPS) is 23.3. The largest absolute Gasteiger partial charge is 0.496 e. The molecule has 4 nitrogen and oxygen atoms in total. The number of ether oxygens (including phenoxy) is 1. The molecule has 1 unspecified atom stereocenters. The third-order valence-corrected chi connectivity index (χ3v) is 6.19. The highest BCUT2D eigenvalue weighted by atomic mass is 16.5. The van der Waals surface area contributed by atoms with Gasteiger partial charge in [0.15, 0.2) is 0 Å². The van der Waals surface area contributed by atoms with Gasteiger partial charge in [-0.15, -0.1) is 0 Å². The van der Waals surface area contributed by atoms with Crippen LogP contribution < -0.4 is 4.74 Å². The molecule has 2 aliphatic rings. The van der Waals surface area contributed by atoms with Crippen molar-refractivity contribution >= 4 is 0 Å². The first-order valence-corrected chi connectivity index (χ1v) is 10.5. The third kappa shape index (κ3) is 5.45. The van der Waals surface area contributed by atoms with Crippen LogP contribution in [0.15, 0.2) is 18.2 Å². The molecule has 1 atom stereocenters. The molecule has 0 spiro atoms. The van der Waals surface area contributed by atoms with E-state index in [1.54, 1.807) is 7.11 Å². The lowest BCUT2D eigenvalue weighted by atomic mass is 10.0. The fourth-order valence-electron chi connectivity index (χ4n) is 4.30. The molecule has 0 saturated carbocycles. The molecule has 1 aromatic carbocycles. The molecule has 0 bridgehead atoms. The van der Waals surface area contributed by atoms with Gasteiger partial charge < -0.3 is 14.5 Å². The van der Waals surface area contributed by atoms with Gasteiger partial charge in [0, 0.05) is 44.3 Å². The summed E-state index contributed by atoms with van der Waals surface area (Å²) in [6, 6.07) is 7.51. The Hall–Kier alpha value is -1.10. The fraction of sp³-hybridized carbons (Fsp3) is 0.727. The monoisotopic (exact) mass is 359 g/mol. The standard InChI is InChI=1S/C22H37N3O/c1-19-7-4-5-12-25(19)18-21-17-20(9-10-22(21)26-3)8-6-11-24-15-13-23(2)14-16-24/h9-10,17,19H,4-8,11-16,18H2,1-3H3. The average Bonchev–Trinajstić information content (AvgIpc) is 2.65. The quantitative estimate of drug-likeness (QED) is 0.744. The zero-order chi connectivity index (χ0) is 18.4. The molecule has 146 valence electrons. The number of hydrogen-bond donors (Lipinski definition) is 0. The topological polar surface area (TPSA) is 19.0 Å². The number of likely N-dealkylation sites (N-methyl/N-ethyl adjacent to an activating group) is 1. The molecule has 3 rings (SSSR count). The lowest BCUT2D eigenvalue weighted by molar-refractivity contribution is 0.151. The van der Waals surface area contributed by atoms with E-state index < -0.39 is 0 Å². The summed E-state index contributed by atoms with van der Waals surface area (Å²) in [6.07, 6.45) is 6.44. The predicted molar refractivity (Wildman–Crippen MR) is 109 cm³/mol. The number of methoxy groups -OCH3 is 1. The van der Waals surface area contributed by atoms with Gasteiger partial charge in [0.25, 0.3) is 0 Å². The highest BCUT2D eigenvalue weighted by Crippen LogP contribution is 2.26. The van der Waals surface area contributed by atoms with E-state index in [9.17, 15) is 0 Å². The molecule has 0 aromatic heterocycles. The number of likely N-dealkylation sites (tertiary alicyclic amines) is 1. The van der Waals surface area contributed by atoms with Crippen molar-refractivity contribution in [1.82, 2.24) is 14.7 Å². The molecule has 1 aromatic rings. The Morgan fingerprint density at radius 2 is 1.88 bits per heavy atom. The Labute approximate surface area is 160 Å². The van der Waals surface area contributed by atoms with Crippen LogP contribution in [0.4, 0.5) is 0 Å². The summed E-state index contributed by atoms with van der Waals surface area (Å²) >= 11 is 0. The Bertz CT molecular complexity index is 554. The van der Waals surface area contributed by atoms with E-state index >= 15 is 0 Å². The fourth-order valence-corrected chi connectivity index (χ4v) is 4.30. The lowest BCUT2D eigenvalue weighted by Gasteiger charge is -2.33. The molecule has 2 heterocycles. The summed E-state index contributed by atoms with van der Waals surface area (Å²) in [7, 11) is 4.02. The van der Waals surface area contributed by atoms with Crippen molar-refractivity contribution in [3.8, 4) is 5.75 Å². The van der Waals surface area contributed by atoms with Crippen LogP contribution in [0.25, 0.3) is 0 Å². The minimum absolute atomic E-state index is 0.689. The summed E-state index contributed by atoms with van der Waals surface area (Å²) in [6.45, 7) is 10.7. The molecular weight excluding hydrogens is 322 g/mol. The van der Waals surface area contributed by atoms with Crippen molar-refractivity contribution in [3.63, 3.8) is 0 Å². The van der Waals surface area contributed by atoms with Crippen molar-refractivity contribution in [2.75, 3.05) is 53.4 Å². The molecular formula is C22H37N3O. The van der Waals surface area contributed by atoms with E-state index in [2.05, 4.69) is 46.9 Å². The Balaban J connectivity index is 1.54. The summed E-state index contributed by atoms with van der Waals surface area (Å²) in [5.74, 6) is 1.05. The Kier molecular flexibility index (Phi) is 7.35. The Morgan fingerprint density at radius 1 is 1.08 bits per heavy atom. The van der Waals surface area contributed by atoms with Crippen molar-refractivity contribution in [2.24, 2.45) is 0 Å². The Morgan fingerprint density at radius 3 is 2.62 bits per heavy atom. The number of hydrogen-bond acceptors (Lipinski definition) is 4. The number of benzene rings is 1. The summed E-state index contributed by atoms with van der Waals surface area (Å²) in [5, 5.41) is 0. The first-order valence-electron chi connectivity index (χ1n) is 10.5. The van der Waals surface area contributed by atoms with Gasteiger partial charge >= 0.3 is 0 Å². The van der Waals surface area contributed by atoms with E-state index in [-0.39, 0.29) is 0 Å². The molecule has 0 aliphatic carbocycles. The zero-order valence-electron chi connectivity index (χ0n) is 17.0. The van der Waals surface area contributed by atoms with Gasteiger partial charge in [0.05, 0.1) is 7.11 Å². The smallest absolute Gasteiger partial charge is 0.123 e. The van der Waals surface area contributed by atoms with Crippen LogP contribution in [0.5, 0.6) is 5.75 Å². The second kappa shape index (κ2) is 9.72. The number of piperidine rings is 1. The van der Waals surface area contributed by atoms with Gasteiger partial charge in [0.1, 0.15) is 5.75 Å². The van der Waals surface area contributed by atoms with Crippen LogP contribution in [0.2, 0.25) is 0 Å². The van der Waals surface area contributed by atoms with Crippen LogP contribution in [-0.2, 0) is 13.0 Å². The summed E-state index contributed by atoms with van der Waals surface area (Å²) < 4.78 is 5.65. The second-order valence-electron chi connectivity index (χ2n) is 8.21. The number of aryl methyl sites for hydroxylation is 1. The van der Waals surface area contributed by atoms with Gasteiger partial charge in [-0.3, -0.25) is 4.90 Å². The minimum Gasteiger partial charge on any atom is -0.496 e. The van der Waals surface area contributed by atoms with Crippen LogP contribution in [-0.4, -0.2) is 74.2 Å². The van der Waals surface area contributed by atoms with Crippen LogP contribution in [0, 0.1) is 0 Å². The van der Waals surface area contributed by atoms with E-state index in [4.69, 9.17) is 4.74 Å². The van der Waals surface area contributed by atoms with Crippen molar-refractivity contribution in [1.29, 1.82) is 0 Å². The van der Waals surface area contributed by atoms with Gasteiger partial charge in [-0.25, -0.2) is 0 Å². The van der Waals surface area contributed by atoms with E-state index in [1.165, 1.54) is 82.5 Å². The third-order valence-electron chi connectivity index (χ3n) is 6.19. The van der Waals surface area contributed by atoms with Gasteiger partial charge in [0.2, 0.25) is 0 Å². The van der Waals surface area contributed by atoms with Gasteiger partial charge in [-0.1, -0.05) is 18.6 Å². The van der Waals surface area contributed by atoms with Crippen molar-refractivity contribution < 1.29 is 4.74 Å². The molecule has 0 N–H and O–H groups in total. The molecule has 26 heavy (non-hydrogen) atoms. The van der Waals surface area contributed by atoms with E-state index in [0.29, 0.717) is 6.04 Å². The number of piperazine rings is 1. The van der Waals surface area contributed by atoms with Crippen LogP contribution >= 0.6 is 0 Å². The predicted octanol–water partition coefficient (Wildman–Crippen LogP) is 3.25. The molecule has 0 amide bonds. The SMILES string of the molecule is COc1ccc(CCCN2CCN(C)CC2)cc1CN1CCCCC1C. The van der Waals surface area contributed by atoms with Crippen LogP contribution in [0.1, 0.15) is 43.7 Å². The maximum Gasteiger partial charge on any atom is 0.123 e. The van der Waals surface area contributed by atoms with Crippen LogP contribution in [0.3, 0.4) is 0 Å². The first kappa shape index (κ1) is 19.7. The zero-order valence-corrected chi connectivity index (χ0v) is 17.0. The molecule has 4 heteroatoms. The van der Waals surface area contributed by atoms with Crippen molar-refractivity contribution in [2.45, 2.75) is 51.6 Å². The van der Waals surface area contributed by atoms with Crippen molar-refractivity contribution in [3.05, 3.63) is 29.3 Å². The summed E-state index contributed by atoms with van der Waals surface area (Å²) in [5.41, 5.74) is 2.82.